The fourth-order valence-electron chi connectivity index (χ4n) is 3.36. The van der Waals surface area contributed by atoms with Gasteiger partial charge in [0, 0.05) is 34.6 Å². The van der Waals surface area contributed by atoms with Gasteiger partial charge in [0.05, 0.1) is 39.8 Å². The van der Waals surface area contributed by atoms with Gasteiger partial charge in [-0.3, -0.25) is 9.97 Å². The van der Waals surface area contributed by atoms with E-state index >= 15 is 0 Å². The number of methoxy groups -OCH3 is 4. The molecule has 36 heavy (non-hydrogen) atoms. The van der Waals surface area contributed by atoms with Crippen LogP contribution in [0, 0.1) is 23.7 Å². The van der Waals surface area contributed by atoms with E-state index in [4.69, 9.17) is 18.9 Å². The molecular weight excluding hydrogens is 452 g/mol. The fourth-order valence-corrected chi connectivity index (χ4v) is 3.36. The molecule has 0 saturated carbocycles. The van der Waals surface area contributed by atoms with Crippen molar-refractivity contribution < 1.29 is 18.9 Å². The molecule has 4 rings (SSSR count). The maximum absolute atomic E-state index is 5.33. The van der Waals surface area contributed by atoms with Crippen LogP contribution >= 0.6 is 0 Å². The number of pyridine rings is 2. The highest BCUT2D eigenvalue weighted by atomic mass is 16.5. The van der Waals surface area contributed by atoms with Crippen molar-refractivity contribution in [1.29, 1.82) is 0 Å². The van der Waals surface area contributed by atoms with E-state index in [0.29, 0.717) is 23.0 Å². The van der Waals surface area contributed by atoms with Crippen molar-refractivity contribution in [2.75, 3.05) is 28.4 Å². The van der Waals surface area contributed by atoms with Gasteiger partial charge in [-0.15, -0.1) is 0 Å². The van der Waals surface area contributed by atoms with E-state index in [1.54, 1.807) is 40.8 Å². The molecule has 0 N–H and O–H groups in total. The summed E-state index contributed by atoms with van der Waals surface area (Å²) < 4.78 is 21.2. The zero-order chi connectivity index (χ0) is 25.3. The normalized spacial score (nSPS) is 9.78. The number of hydrogen-bond donors (Lipinski definition) is 0. The smallest absolute Gasteiger partial charge is 0.161 e. The lowest BCUT2D eigenvalue weighted by Gasteiger charge is -2.06. The van der Waals surface area contributed by atoms with E-state index in [-0.39, 0.29) is 0 Å². The lowest BCUT2D eigenvalue weighted by atomic mass is 10.1. The first-order valence-electron chi connectivity index (χ1n) is 11.0. The molecule has 2 aromatic carbocycles. The van der Waals surface area contributed by atoms with E-state index in [9.17, 15) is 0 Å². The van der Waals surface area contributed by atoms with Crippen LogP contribution in [0.5, 0.6) is 23.0 Å². The summed E-state index contributed by atoms with van der Waals surface area (Å²) in [6.07, 6.45) is 3.46. The Balaban J connectivity index is 1.45. The lowest BCUT2D eigenvalue weighted by Crippen LogP contribution is -1.91. The maximum atomic E-state index is 5.33. The second-order valence-corrected chi connectivity index (χ2v) is 7.50. The SMILES string of the molecule is COc1ccc(C#Cc2ccc(-c3ccc(C#Cc4ccc(OC)c(OC)c4)cn3)nc2)cc1OC. The van der Waals surface area contributed by atoms with Gasteiger partial charge in [0.1, 0.15) is 0 Å². The Bertz CT molecular complexity index is 1360. The van der Waals surface area contributed by atoms with Crippen LogP contribution in [0.15, 0.2) is 73.1 Å². The third-order valence-corrected chi connectivity index (χ3v) is 5.26. The number of aromatic nitrogens is 2. The molecule has 0 aliphatic carbocycles. The van der Waals surface area contributed by atoms with Crippen molar-refractivity contribution in [3.05, 3.63) is 95.3 Å². The van der Waals surface area contributed by atoms with E-state index in [0.717, 1.165) is 33.6 Å². The number of rotatable bonds is 5. The van der Waals surface area contributed by atoms with Crippen molar-refractivity contribution in [2.45, 2.75) is 0 Å². The number of benzene rings is 2. The third kappa shape index (κ3) is 5.75. The quantitative estimate of drug-likeness (QED) is 0.379. The molecule has 0 saturated heterocycles. The molecule has 0 spiro atoms. The Kier molecular flexibility index (Phi) is 7.70. The molecule has 0 aliphatic heterocycles. The van der Waals surface area contributed by atoms with Crippen LogP contribution in [0.3, 0.4) is 0 Å². The second-order valence-electron chi connectivity index (χ2n) is 7.50. The Hall–Kier alpha value is -4.94. The number of nitrogens with zero attached hydrogens (tertiary/aromatic N) is 2. The molecular formula is C30H24N2O4. The van der Waals surface area contributed by atoms with Gasteiger partial charge in [-0.2, -0.15) is 0 Å². The van der Waals surface area contributed by atoms with Crippen molar-refractivity contribution in [3.63, 3.8) is 0 Å². The Labute approximate surface area is 210 Å². The molecule has 178 valence electrons. The summed E-state index contributed by atoms with van der Waals surface area (Å²) in [4.78, 5) is 9.02. The topological polar surface area (TPSA) is 62.7 Å². The molecule has 0 atom stereocenters. The molecule has 2 heterocycles. The first-order valence-corrected chi connectivity index (χ1v) is 11.0. The summed E-state index contributed by atoms with van der Waals surface area (Å²) in [5.74, 6) is 15.1. The Morgan fingerprint density at radius 1 is 0.444 bits per heavy atom. The zero-order valence-electron chi connectivity index (χ0n) is 20.5. The predicted octanol–water partition coefficient (Wildman–Crippen LogP) is 4.98. The summed E-state index contributed by atoms with van der Waals surface area (Å²) in [5, 5.41) is 0. The van der Waals surface area contributed by atoms with Crippen molar-refractivity contribution in [3.8, 4) is 58.1 Å². The van der Waals surface area contributed by atoms with Gasteiger partial charge in [0.25, 0.3) is 0 Å². The largest absolute Gasteiger partial charge is 0.493 e. The molecule has 6 nitrogen and oxygen atoms in total. The van der Waals surface area contributed by atoms with Crippen LogP contribution in [-0.4, -0.2) is 38.4 Å². The fraction of sp³-hybridized carbons (Fsp3) is 0.133. The van der Waals surface area contributed by atoms with Crippen molar-refractivity contribution in [1.82, 2.24) is 9.97 Å². The van der Waals surface area contributed by atoms with Gasteiger partial charge in [-0.05, 0) is 60.7 Å². The van der Waals surface area contributed by atoms with E-state index in [1.165, 1.54) is 0 Å². The van der Waals surface area contributed by atoms with Gasteiger partial charge < -0.3 is 18.9 Å². The van der Waals surface area contributed by atoms with Gasteiger partial charge in [-0.25, -0.2) is 0 Å². The van der Waals surface area contributed by atoms with Gasteiger partial charge in [-0.1, -0.05) is 23.7 Å². The van der Waals surface area contributed by atoms with Crippen LogP contribution in [-0.2, 0) is 0 Å². The highest BCUT2D eigenvalue weighted by molar-refractivity contribution is 5.57. The average Bonchev–Trinajstić information content (AvgIpc) is 2.95. The zero-order valence-corrected chi connectivity index (χ0v) is 20.5. The van der Waals surface area contributed by atoms with Gasteiger partial charge in [0.15, 0.2) is 23.0 Å². The number of hydrogen-bond acceptors (Lipinski definition) is 6. The van der Waals surface area contributed by atoms with Crippen LogP contribution < -0.4 is 18.9 Å². The molecule has 0 fully saturated rings. The molecule has 2 aromatic heterocycles. The average molecular weight is 477 g/mol. The molecule has 0 radical (unpaired) electrons. The monoisotopic (exact) mass is 476 g/mol. The van der Waals surface area contributed by atoms with Crippen LogP contribution in [0.4, 0.5) is 0 Å². The first kappa shape index (κ1) is 24.2. The highest BCUT2D eigenvalue weighted by Crippen LogP contribution is 2.28. The summed E-state index contributed by atoms with van der Waals surface area (Å²) in [6.45, 7) is 0. The van der Waals surface area contributed by atoms with Crippen molar-refractivity contribution in [2.24, 2.45) is 0 Å². The van der Waals surface area contributed by atoms with E-state index < -0.39 is 0 Å². The third-order valence-electron chi connectivity index (χ3n) is 5.26. The number of ether oxygens (including phenoxy) is 4. The minimum Gasteiger partial charge on any atom is -0.493 e. The molecule has 4 aromatic rings. The first-order chi connectivity index (χ1) is 17.6. The van der Waals surface area contributed by atoms with E-state index in [2.05, 4.69) is 33.6 Å². The highest BCUT2D eigenvalue weighted by Gasteiger charge is 2.05. The Morgan fingerprint density at radius 3 is 1.14 bits per heavy atom. The standard InChI is InChI=1S/C30H24N2O4/c1-33-27-15-11-21(17-29(27)35-3)5-7-23-9-13-25(31-19-23)26-14-10-24(20-32-26)8-6-22-12-16-28(34-2)30(18-22)36-4/h9-20H,1-4H3. The minimum atomic E-state index is 0.640. The molecule has 0 unspecified atom stereocenters. The summed E-state index contributed by atoms with van der Waals surface area (Å²) in [7, 11) is 6.41. The van der Waals surface area contributed by atoms with Crippen molar-refractivity contribution >= 4 is 0 Å². The summed E-state index contributed by atoms with van der Waals surface area (Å²) in [5.41, 5.74) is 4.75. The van der Waals surface area contributed by atoms with Crippen LogP contribution in [0.25, 0.3) is 11.4 Å². The Morgan fingerprint density at radius 2 is 0.806 bits per heavy atom. The van der Waals surface area contributed by atoms with Crippen LogP contribution in [0.2, 0.25) is 0 Å². The minimum absolute atomic E-state index is 0.640. The summed E-state index contributed by atoms with van der Waals surface area (Å²) in [6, 6.07) is 18.7. The summed E-state index contributed by atoms with van der Waals surface area (Å²) >= 11 is 0. The molecule has 6 heteroatoms. The lowest BCUT2D eigenvalue weighted by molar-refractivity contribution is 0.355. The van der Waals surface area contributed by atoms with Crippen LogP contribution in [0.1, 0.15) is 22.3 Å². The van der Waals surface area contributed by atoms with Gasteiger partial charge in [0.2, 0.25) is 0 Å². The molecule has 0 aliphatic rings. The van der Waals surface area contributed by atoms with E-state index in [1.807, 2.05) is 60.7 Å². The molecule has 0 amide bonds. The van der Waals surface area contributed by atoms with Gasteiger partial charge >= 0.3 is 0 Å². The molecule has 0 bridgehead atoms. The maximum Gasteiger partial charge on any atom is 0.161 e. The predicted molar refractivity (Wildman–Crippen MR) is 139 cm³/mol. The second kappa shape index (κ2) is 11.5.